The number of ether oxygens (including phenoxy) is 1. The van der Waals surface area contributed by atoms with Crippen LogP contribution in [0.5, 0.6) is 0 Å². The maximum atomic E-state index is 12.8. The highest BCUT2D eigenvalue weighted by atomic mass is 79.9. The van der Waals surface area contributed by atoms with Gasteiger partial charge in [0.1, 0.15) is 0 Å². The van der Waals surface area contributed by atoms with Crippen molar-refractivity contribution in [1.82, 2.24) is 4.90 Å². The zero-order valence-corrected chi connectivity index (χ0v) is 13.0. The third-order valence-electron chi connectivity index (χ3n) is 3.48. The summed E-state index contributed by atoms with van der Waals surface area (Å²) in [7, 11) is 0. The summed E-state index contributed by atoms with van der Waals surface area (Å²) in [6.07, 6.45) is -3.77. The Morgan fingerprint density at radius 3 is 2.81 bits per heavy atom. The molecule has 1 saturated heterocycles. The molecule has 0 saturated carbocycles. The Hall–Kier alpha value is -1.08. The second-order valence-corrected chi connectivity index (χ2v) is 5.68. The number of benzene rings is 1. The number of carbonyl (C=O) groups is 1. The lowest BCUT2D eigenvalue weighted by Crippen LogP contribution is -2.48. The minimum absolute atomic E-state index is 0.0326. The first-order valence-corrected chi connectivity index (χ1v) is 7.39. The van der Waals surface area contributed by atoms with Crippen LogP contribution in [0.3, 0.4) is 0 Å². The Labute approximate surface area is 129 Å². The standard InChI is InChI=1S/C14H15BrF3NO2/c1-2-10-8-21-6-5-19(10)13(20)11-7-9(14(16,17)18)3-4-12(11)15/h3-4,7,10H,2,5-6,8H2,1H3. The maximum Gasteiger partial charge on any atom is 0.416 e. The molecule has 1 fully saturated rings. The van der Waals surface area contributed by atoms with E-state index in [0.717, 1.165) is 12.1 Å². The number of nitrogens with zero attached hydrogens (tertiary/aromatic N) is 1. The van der Waals surface area contributed by atoms with Gasteiger partial charge in [-0.05, 0) is 40.5 Å². The molecule has 0 N–H and O–H groups in total. The molecule has 1 aliphatic heterocycles. The van der Waals surface area contributed by atoms with Gasteiger partial charge in [0.25, 0.3) is 5.91 Å². The van der Waals surface area contributed by atoms with Gasteiger partial charge in [0.05, 0.1) is 30.4 Å². The van der Waals surface area contributed by atoms with E-state index in [2.05, 4.69) is 15.9 Å². The summed E-state index contributed by atoms with van der Waals surface area (Å²) < 4.78 is 44.0. The van der Waals surface area contributed by atoms with Crippen molar-refractivity contribution in [3.8, 4) is 0 Å². The molecule has 1 aromatic carbocycles. The van der Waals surface area contributed by atoms with E-state index in [1.54, 1.807) is 4.90 Å². The van der Waals surface area contributed by atoms with Gasteiger partial charge in [0, 0.05) is 11.0 Å². The van der Waals surface area contributed by atoms with Gasteiger partial charge in [-0.3, -0.25) is 4.79 Å². The SMILES string of the molecule is CCC1COCCN1C(=O)c1cc(C(F)(F)F)ccc1Br. The van der Waals surface area contributed by atoms with Crippen molar-refractivity contribution in [2.24, 2.45) is 0 Å². The molecule has 0 bridgehead atoms. The van der Waals surface area contributed by atoms with Crippen LogP contribution >= 0.6 is 15.9 Å². The van der Waals surface area contributed by atoms with Crippen LogP contribution in [0, 0.1) is 0 Å². The molecule has 1 aliphatic rings. The fraction of sp³-hybridized carbons (Fsp3) is 0.500. The number of hydrogen-bond donors (Lipinski definition) is 0. The number of halogens is 4. The topological polar surface area (TPSA) is 29.5 Å². The largest absolute Gasteiger partial charge is 0.416 e. The summed E-state index contributed by atoms with van der Waals surface area (Å²) in [5.74, 6) is -0.400. The molecule has 2 rings (SSSR count). The third kappa shape index (κ3) is 3.58. The van der Waals surface area contributed by atoms with Gasteiger partial charge < -0.3 is 9.64 Å². The summed E-state index contributed by atoms with van der Waals surface area (Å²) in [4.78, 5) is 14.1. The van der Waals surface area contributed by atoms with Gasteiger partial charge in [-0.15, -0.1) is 0 Å². The van der Waals surface area contributed by atoms with Crippen LogP contribution in [-0.2, 0) is 10.9 Å². The lowest BCUT2D eigenvalue weighted by Gasteiger charge is -2.35. The molecule has 1 unspecified atom stereocenters. The van der Waals surface area contributed by atoms with Crippen molar-refractivity contribution >= 4 is 21.8 Å². The first kappa shape index (κ1) is 16.3. The number of alkyl halides is 3. The Morgan fingerprint density at radius 2 is 2.19 bits per heavy atom. The van der Waals surface area contributed by atoms with Crippen LogP contribution in [-0.4, -0.2) is 36.6 Å². The van der Waals surface area contributed by atoms with E-state index in [1.807, 2.05) is 6.92 Å². The molecule has 0 aliphatic carbocycles. The van der Waals surface area contributed by atoms with E-state index >= 15 is 0 Å². The second kappa shape index (κ2) is 6.36. The molecule has 7 heteroatoms. The van der Waals surface area contributed by atoms with Crippen molar-refractivity contribution in [1.29, 1.82) is 0 Å². The molecule has 0 radical (unpaired) electrons. The summed E-state index contributed by atoms with van der Waals surface area (Å²) in [5, 5.41) is 0. The average Bonchev–Trinajstić information content (AvgIpc) is 2.45. The van der Waals surface area contributed by atoms with Gasteiger partial charge in [-0.1, -0.05) is 6.92 Å². The fourth-order valence-corrected chi connectivity index (χ4v) is 2.70. The minimum Gasteiger partial charge on any atom is -0.377 e. The number of morpholine rings is 1. The van der Waals surface area contributed by atoms with Crippen molar-refractivity contribution in [2.75, 3.05) is 19.8 Å². The average molecular weight is 366 g/mol. The van der Waals surface area contributed by atoms with Crippen molar-refractivity contribution in [2.45, 2.75) is 25.6 Å². The van der Waals surface area contributed by atoms with Crippen LogP contribution in [0.15, 0.2) is 22.7 Å². The quantitative estimate of drug-likeness (QED) is 0.799. The van der Waals surface area contributed by atoms with Crippen LogP contribution in [0.4, 0.5) is 13.2 Å². The molecular weight excluding hydrogens is 351 g/mol. The van der Waals surface area contributed by atoms with Gasteiger partial charge in [0.15, 0.2) is 0 Å². The van der Waals surface area contributed by atoms with E-state index in [9.17, 15) is 18.0 Å². The van der Waals surface area contributed by atoms with E-state index in [0.29, 0.717) is 30.7 Å². The molecule has 0 aromatic heterocycles. The second-order valence-electron chi connectivity index (χ2n) is 4.83. The third-order valence-corrected chi connectivity index (χ3v) is 4.18. The highest BCUT2D eigenvalue weighted by Gasteiger charge is 2.33. The molecular formula is C14H15BrF3NO2. The van der Waals surface area contributed by atoms with E-state index < -0.39 is 17.6 Å². The summed E-state index contributed by atoms with van der Waals surface area (Å²) in [5.41, 5.74) is -0.791. The Bertz CT molecular complexity index is 533. The number of carbonyl (C=O) groups excluding carboxylic acids is 1. The smallest absolute Gasteiger partial charge is 0.377 e. The van der Waals surface area contributed by atoms with Crippen LogP contribution < -0.4 is 0 Å². The van der Waals surface area contributed by atoms with Crippen molar-refractivity contribution in [3.63, 3.8) is 0 Å². The van der Waals surface area contributed by atoms with Gasteiger partial charge in [-0.2, -0.15) is 13.2 Å². The normalized spacial score (nSPS) is 19.7. The van der Waals surface area contributed by atoms with Crippen molar-refractivity contribution in [3.05, 3.63) is 33.8 Å². The monoisotopic (exact) mass is 365 g/mol. The Balaban J connectivity index is 2.33. The molecule has 1 heterocycles. The summed E-state index contributed by atoms with van der Waals surface area (Å²) >= 11 is 3.16. The molecule has 1 amide bonds. The first-order chi connectivity index (χ1) is 9.84. The van der Waals surface area contributed by atoms with Crippen LogP contribution in [0.25, 0.3) is 0 Å². The van der Waals surface area contributed by atoms with E-state index in [-0.39, 0.29) is 11.6 Å². The van der Waals surface area contributed by atoms with Crippen molar-refractivity contribution < 1.29 is 22.7 Å². The first-order valence-electron chi connectivity index (χ1n) is 6.60. The molecule has 3 nitrogen and oxygen atoms in total. The molecule has 0 spiro atoms. The summed E-state index contributed by atoms with van der Waals surface area (Å²) in [6, 6.07) is 3.01. The zero-order chi connectivity index (χ0) is 15.6. The summed E-state index contributed by atoms with van der Waals surface area (Å²) in [6.45, 7) is 3.12. The lowest BCUT2D eigenvalue weighted by atomic mass is 10.1. The number of rotatable bonds is 2. The zero-order valence-electron chi connectivity index (χ0n) is 11.4. The number of amides is 1. The Morgan fingerprint density at radius 1 is 1.48 bits per heavy atom. The lowest BCUT2D eigenvalue weighted by molar-refractivity contribution is -0.137. The highest BCUT2D eigenvalue weighted by Crippen LogP contribution is 2.32. The fourth-order valence-electron chi connectivity index (χ4n) is 2.28. The molecule has 21 heavy (non-hydrogen) atoms. The van der Waals surface area contributed by atoms with Crippen LogP contribution in [0.2, 0.25) is 0 Å². The van der Waals surface area contributed by atoms with E-state index in [1.165, 1.54) is 6.07 Å². The molecule has 116 valence electrons. The predicted molar refractivity (Wildman–Crippen MR) is 75.1 cm³/mol. The van der Waals surface area contributed by atoms with Gasteiger partial charge in [0.2, 0.25) is 0 Å². The molecule has 1 aromatic rings. The number of hydrogen-bond acceptors (Lipinski definition) is 2. The van der Waals surface area contributed by atoms with E-state index in [4.69, 9.17) is 4.74 Å². The van der Waals surface area contributed by atoms with Gasteiger partial charge >= 0.3 is 6.18 Å². The Kier molecular flexibility index (Phi) is 4.93. The maximum absolute atomic E-state index is 12.8. The predicted octanol–water partition coefficient (Wildman–Crippen LogP) is 3.72. The molecule has 1 atom stereocenters. The van der Waals surface area contributed by atoms with Crippen LogP contribution in [0.1, 0.15) is 29.3 Å². The minimum atomic E-state index is -4.47. The van der Waals surface area contributed by atoms with Gasteiger partial charge in [-0.25, -0.2) is 0 Å². The highest BCUT2D eigenvalue weighted by molar-refractivity contribution is 9.10.